The van der Waals surface area contributed by atoms with Crippen molar-refractivity contribution in [2.75, 3.05) is 6.26 Å². The van der Waals surface area contributed by atoms with E-state index < -0.39 is 10.1 Å². The van der Waals surface area contributed by atoms with Crippen molar-refractivity contribution in [3.05, 3.63) is 0 Å². The third-order valence-electron chi connectivity index (χ3n) is 2.17. The van der Waals surface area contributed by atoms with Crippen LogP contribution in [0.2, 0.25) is 0 Å². The summed E-state index contributed by atoms with van der Waals surface area (Å²) < 4.78 is 26.4. The molecule has 0 spiro atoms. The van der Waals surface area contributed by atoms with Crippen molar-refractivity contribution in [1.29, 1.82) is 5.26 Å². The quantitative estimate of drug-likeness (QED) is 0.629. The third kappa shape index (κ3) is 3.75. The molecule has 1 fully saturated rings. The summed E-state index contributed by atoms with van der Waals surface area (Å²) in [6.07, 6.45) is 3.69. The number of rotatable bonds is 2. The highest BCUT2D eigenvalue weighted by atomic mass is 32.2. The van der Waals surface area contributed by atoms with Gasteiger partial charge in [-0.15, -0.1) is 0 Å². The highest BCUT2D eigenvalue weighted by molar-refractivity contribution is 7.86. The Balaban J connectivity index is 2.39. The van der Waals surface area contributed by atoms with Gasteiger partial charge in [-0.05, 0) is 25.7 Å². The predicted molar refractivity (Wildman–Crippen MR) is 47.3 cm³/mol. The number of nitriles is 1. The maximum absolute atomic E-state index is 10.8. The first kappa shape index (κ1) is 10.5. The fraction of sp³-hybridized carbons (Fsp3) is 0.875. The molecule has 4 nitrogen and oxygen atoms in total. The van der Waals surface area contributed by atoms with Crippen LogP contribution in [0.25, 0.3) is 0 Å². The largest absolute Gasteiger partial charge is 0.267 e. The lowest BCUT2D eigenvalue weighted by Gasteiger charge is -2.23. The molecule has 0 saturated heterocycles. The zero-order valence-corrected chi connectivity index (χ0v) is 8.38. The molecule has 5 heteroatoms. The molecule has 0 aliphatic heterocycles. The highest BCUT2D eigenvalue weighted by Crippen LogP contribution is 2.26. The van der Waals surface area contributed by atoms with Gasteiger partial charge in [0.05, 0.1) is 18.4 Å². The summed E-state index contributed by atoms with van der Waals surface area (Å²) >= 11 is 0. The van der Waals surface area contributed by atoms with Gasteiger partial charge in [-0.25, -0.2) is 0 Å². The molecule has 74 valence electrons. The maximum atomic E-state index is 10.8. The van der Waals surface area contributed by atoms with Crippen molar-refractivity contribution in [2.45, 2.75) is 31.8 Å². The Labute approximate surface area is 78.6 Å². The SMILES string of the molecule is CS(=O)(=O)OC1CCC(C#N)CC1. The van der Waals surface area contributed by atoms with E-state index in [4.69, 9.17) is 9.44 Å². The fourth-order valence-electron chi connectivity index (χ4n) is 1.54. The van der Waals surface area contributed by atoms with Crippen LogP contribution in [0.5, 0.6) is 0 Å². The van der Waals surface area contributed by atoms with Crippen LogP contribution in [0.3, 0.4) is 0 Å². The zero-order chi connectivity index (χ0) is 9.90. The zero-order valence-electron chi connectivity index (χ0n) is 7.56. The molecular formula is C8H13NO3S. The second-order valence-corrected chi connectivity index (χ2v) is 5.00. The molecule has 0 heterocycles. The molecule has 0 N–H and O–H groups in total. The van der Waals surface area contributed by atoms with Gasteiger partial charge in [-0.1, -0.05) is 0 Å². The summed E-state index contributed by atoms with van der Waals surface area (Å²) in [6.45, 7) is 0. The van der Waals surface area contributed by atoms with E-state index >= 15 is 0 Å². The summed E-state index contributed by atoms with van der Waals surface area (Å²) in [5, 5.41) is 8.60. The van der Waals surface area contributed by atoms with Crippen LogP contribution >= 0.6 is 0 Å². The number of hydrogen-bond acceptors (Lipinski definition) is 4. The van der Waals surface area contributed by atoms with Crippen molar-refractivity contribution < 1.29 is 12.6 Å². The summed E-state index contributed by atoms with van der Waals surface area (Å²) in [5.74, 6) is 0.0828. The smallest absolute Gasteiger partial charge is 0.264 e. The third-order valence-corrected chi connectivity index (χ3v) is 2.79. The summed E-state index contributed by atoms with van der Waals surface area (Å²) in [4.78, 5) is 0. The van der Waals surface area contributed by atoms with E-state index in [0.717, 1.165) is 19.1 Å². The molecule has 0 aromatic heterocycles. The molecule has 1 saturated carbocycles. The van der Waals surface area contributed by atoms with E-state index in [1.165, 1.54) is 0 Å². The average molecular weight is 203 g/mol. The van der Waals surface area contributed by atoms with Gasteiger partial charge < -0.3 is 0 Å². The van der Waals surface area contributed by atoms with Crippen LogP contribution < -0.4 is 0 Å². The molecule has 13 heavy (non-hydrogen) atoms. The first-order chi connectivity index (χ1) is 6.01. The van der Waals surface area contributed by atoms with Gasteiger partial charge in [0, 0.05) is 5.92 Å². The van der Waals surface area contributed by atoms with E-state index in [1.807, 2.05) is 0 Å². The van der Waals surface area contributed by atoms with E-state index in [2.05, 4.69) is 6.07 Å². The van der Waals surface area contributed by atoms with E-state index in [0.29, 0.717) is 12.8 Å². The standard InChI is InChI=1S/C8H13NO3S/c1-13(10,11)12-8-4-2-7(6-9)3-5-8/h7-8H,2-5H2,1H3. The number of nitrogens with zero attached hydrogens (tertiary/aromatic N) is 1. The Morgan fingerprint density at radius 2 is 1.85 bits per heavy atom. The first-order valence-corrected chi connectivity index (χ1v) is 6.11. The lowest BCUT2D eigenvalue weighted by Crippen LogP contribution is -2.23. The van der Waals surface area contributed by atoms with Gasteiger partial charge in [0.25, 0.3) is 10.1 Å². The van der Waals surface area contributed by atoms with E-state index in [1.54, 1.807) is 0 Å². The highest BCUT2D eigenvalue weighted by Gasteiger charge is 2.23. The van der Waals surface area contributed by atoms with Crippen LogP contribution in [0, 0.1) is 17.2 Å². The second kappa shape index (κ2) is 4.07. The minimum Gasteiger partial charge on any atom is -0.267 e. The molecule has 0 bridgehead atoms. The molecule has 0 aromatic rings. The van der Waals surface area contributed by atoms with Crippen molar-refractivity contribution in [1.82, 2.24) is 0 Å². The molecule has 1 rings (SSSR count). The van der Waals surface area contributed by atoms with Crippen LogP contribution in [0.1, 0.15) is 25.7 Å². The van der Waals surface area contributed by atoms with Gasteiger partial charge >= 0.3 is 0 Å². The van der Waals surface area contributed by atoms with Crippen molar-refractivity contribution in [2.24, 2.45) is 5.92 Å². The Kier molecular flexibility index (Phi) is 3.28. The topological polar surface area (TPSA) is 67.2 Å². The maximum Gasteiger partial charge on any atom is 0.264 e. The Morgan fingerprint density at radius 1 is 1.31 bits per heavy atom. The Morgan fingerprint density at radius 3 is 2.23 bits per heavy atom. The summed E-state index contributed by atoms with van der Waals surface area (Å²) in [6, 6.07) is 2.18. The average Bonchev–Trinajstić information content (AvgIpc) is 2.03. The van der Waals surface area contributed by atoms with Gasteiger partial charge in [-0.3, -0.25) is 4.18 Å². The van der Waals surface area contributed by atoms with Crippen LogP contribution in [0.15, 0.2) is 0 Å². The first-order valence-electron chi connectivity index (χ1n) is 4.29. The molecule has 0 unspecified atom stereocenters. The van der Waals surface area contributed by atoms with Crippen LogP contribution in [-0.4, -0.2) is 20.8 Å². The second-order valence-electron chi connectivity index (χ2n) is 3.40. The van der Waals surface area contributed by atoms with Crippen LogP contribution in [0.4, 0.5) is 0 Å². The number of hydrogen-bond donors (Lipinski definition) is 0. The minimum absolute atomic E-state index is 0.0828. The van der Waals surface area contributed by atoms with Crippen molar-refractivity contribution >= 4 is 10.1 Å². The van der Waals surface area contributed by atoms with Gasteiger partial charge in [0.1, 0.15) is 0 Å². The van der Waals surface area contributed by atoms with E-state index in [-0.39, 0.29) is 12.0 Å². The fourth-order valence-corrected chi connectivity index (χ4v) is 2.22. The predicted octanol–water partition coefficient (Wildman–Crippen LogP) is 1.04. The van der Waals surface area contributed by atoms with Crippen molar-refractivity contribution in [3.63, 3.8) is 0 Å². The summed E-state index contributed by atoms with van der Waals surface area (Å²) in [7, 11) is -3.33. The summed E-state index contributed by atoms with van der Waals surface area (Å²) in [5.41, 5.74) is 0. The lowest BCUT2D eigenvalue weighted by molar-refractivity contribution is 0.151. The molecule has 1 aliphatic rings. The molecule has 0 amide bonds. The molecule has 0 radical (unpaired) electrons. The molecule has 1 aliphatic carbocycles. The van der Waals surface area contributed by atoms with Crippen molar-refractivity contribution in [3.8, 4) is 6.07 Å². The minimum atomic E-state index is -3.33. The lowest BCUT2D eigenvalue weighted by atomic mass is 9.89. The monoisotopic (exact) mass is 203 g/mol. The molecule has 0 atom stereocenters. The van der Waals surface area contributed by atoms with Crippen LogP contribution in [-0.2, 0) is 14.3 Å². The van der Waals surface area contributed by atoms with Gasteiger partial charge in [0.2, 0.25) is 0 Å². The van der Waals surface area contributed by atoms with Gasteiger partial charge in [0.15, 0.2) is 0 Å². The van der Waals surface area contributed by atoms with Gasteiger partial charge in [-0.2, -0.15) is 13.7 Å². The van der Waals surface area contributed by atoms with E-state index in [9.17, 15) is 8.42 Å². The molecular weight excluding hydrogens is 190 g/mol. The molecule has 0 aromatic carbocycles. The Hall–Kier alpha value is -0.600. The normalized spacial score (nSPS) is 29.5. The Bertz CT molecular complexity index is 296.